The van der Waals surface area contributed by atoms with Gasteiger partial charge in [-0.1, -0.05) is 26.8 Å². The van der Waals surface area contributed by atoms with E-state index in [1.54, 1.807) is 38.5 Å². The van der Waals surface area contributed by atoms with E-state index < -0.39 is 0 Å². The van der Waals surface area contributed by atoms with Gasteiger partial charge in [0.1, 0.15) is 17.2 Å². The van der Waals surface area contributed by atoms with Crippen LogP contribution in [0.5, 0.6) is 28.7 Å². The van der Waals surface area contributed by atoms with E-state index in [1.165, 1.54) is 0 Å². The van der Waals surface area contributed by atoms with Gasteiger partial charge in [-0.25, -0.2) is 0 Å². The van der Waals surface area contributed by atoms with E-state index in [2.05, 4.69) is 20.8 Å². The van der Waals surface area contributed by atoms with Gasteiger partial charge in [0.2, 0.25) is 0 Å². The molecule has 1 N–H and O–H groups in total. The fourth-order valence-electron chi connectivity index (χ4n) is 2.23. The van der Waals surface area contributed by atoms with Crippen molar-refractivity contribution in [2.24, 2.45) is 0 Å². The molecule has 0 unspecified atom stereocenters. The summed E-state index contributed by atoms with van der Waals surface area (Å²) >= 11 is 0. The van der Waals surface area contributed by atoms with Crippen molar-refractivity contribution in [1.29, 1.82) is 0 Å². The minimum absolute atomic E-state index is 0.119. The van der Waals surface area contributed by atoms with Crippen LogP contribution in [0.2, 0.25) is 0 Å². The number of methoxy groups -OCH3 is 2. The Morgan fingerprint density at radius 1 is 0.818 bits per heavy atom. The maximum absolute atomic E-state index is 10.2. The zero-order valence-corrected chi connectivity index (χ0v) is 13.6. The van der Waals surface area contributed by atoms with Crippen LogP contribution >= 0.6 is 0 Å². The summed E-state index contributed by atoms with van der Waals surface area (Å²) in [5.74, 6) is 2.64. The van der Waals surface area contributed by atoms with Gasteiger partial charge in [-0.05, 0) is 29.2 Å². The molecule has 0 amide bonds. The Kier molecular flexibility index (Phi) is 4.50. The topological polar surface area (TPSA) is 47.9 Å². The molecule has 0 aliphatic rings. The lowest BCUT2D eigenvalue weighted by Crippen LogP contribution is -2.11. The summed E-state index contributed by atoms with van der Waals surface area (Å²) in [7, 11) is 3.16. The second kappa shape index (κ2) is 6.18. The molecule has 4 nitrogen and oxygen atoms in total. The van der Waals surface area contributed by atoms with Gasteiger partial charge in [0, 0.05) is 12.1 Å². The van der Waals surface area contributed by atoms with Gasteiger partial charge >= 0.3 is 0 Å². The monoisotopic (exact) mass is 302 g/mol. The lowest BCUT2D eigenvalue weighted by Gasteiger charge is -2.20. The first-order valence-electron chi connectivity index (χ1n) is 7.08. The smallest absolute Gasteiger partial charge is 0.164 e. The molecule has 0 saturated carbocycles. The lowest BCUT2D eigenvalue weighted by atomic mass is 9.86. The summed E-state index contributed by atoms with van der Waals surface area (Å²) in [5, 5.41) is 10.2. The van der Waals surface area contributed by atoms with Gasteiger partial charge in [0.15, 0.2) is 11.5 Å². The minimum atomic E-state index is -0.119. The van der Waals surface area contributed by atoms with Gasteiger partial charge in [-0.3, -0.25) is 0 Å². The van der Waals surface area contributed by atoms with E-state index in [-0.39, 0.29) is 11.2 Å². The van der Waals surface area contributed by atoms with Crippen molar-refractivity contribution >= 4 is 0 Å². The number of phenolic OH excluding ortho intramolecular Hbond substituents is 1. The Hall–Kier alpha value is -2.36. The van der Waals surface area contributed by atoms with E-state index in [1.807, 2.05) is 12.1 Å². The Bertz CT molecular complexity index is 657. The largest absolute Gasteiger partial charge is 0.508 e. The first-order chi connectivity index (χ1) is 10.3. The molecule has 2 aromatic rings. The van der Waals surface area contributed by atoms with Gasteiger partial charge in [-0.15, -0.1) is 0 Å². The number of phenols is 1. The molecule has 0 atom stereocenters. The van der Waals surface area contributed by atoms with Crippen LogP contribution in [0.3, 0.4) is 0 Å². The highest BCUT2D eigenvalue weighted by atomic mass is 16.5. The molecule has 2 aromatic carbocycles. The SMILES string of the molecule is COc1ccc(Oc2ccc(C(C)(C)C)c(O)c2)cc1OC. The predicted octanol–water partition coefficient (Wildman–Crippen LogP) is 4.50. The summed E-state index contributed by atoms with van der Waals surface area (Å²) < 4.78 is 16.2. The maximum atomic E-state index is 10.2. The summed E-state index contributed by atoms with van der Waals surface area (Å²) in [6, 6.07) is 10.7. The highest BCUT2D eigenvalue weighted by Gasteiger charge is 2.18. The van der Waals surface area contributed by atoms with Gasteiger partial charge in [0.25, 0.3) is 0 Å². The van der Waals surface area contributed by atoms with Crippen LogP contribution in [0.25, 0.3) is 0 Å². The quantitative estimate of drug-likeness (QED) is 0.903. The summed E-state index contributed by atoms with van der Waals surface area (Å²) in [4.78, 5) is 0. The molecule has 0 aromatic heterocycles. The number of ether oxygens (including phenoxy) is 3. The van der Waals surface area contributed by atoms with Crippen molar-refractivity contribution < 1.29 is 19.3 Å². The Labute approximate surface area is 131 Å². The average molecular weight is 302 g/mol. The minimum Gasteiger partial charge on any atom is -0.508 e. The van der Waals surface area contributed by atoms with E-state index in [0.29, 0.717) is 23.0 Å². The first-order valence-corrected chi connectivity index (χ1v) is 7.08. The van der Waals surface area contributed by atoms with Crippen molar-refractivity contribution in [3.05, 3.63) is 42.0 Å². The van der Waals surface area contributed by atoms with Crippen LogP contribution in [0.4, 0.5) is 0 Å². The van der Waals surface area contributed by atoms with E-state index >= 15 is 0 Å². The highest BCUT2D eigenvalue weighted by Crippen LogP contribution is 2.36. The van der Waals surface area contributed by atoms with Gasteiger partial charge < -0.3 is 19.3 Å². The second-order valence-corrected chi connectivity index (χ2v) is 6.05. The number of hydrogen-bond acceptors (Lipinski definition) is 4. The Morgan fingerprint density at radius 3 is 1.95 bits per heavy atom. The van der Waals surface area contributed by atoms with Crippen molar-refractivity contribution in [2.45, 2.75) is 26.2 Å². The molecule has 0 heterocycles. The zero-order valence-electron chi connectivity index (χ0n) is 13.6. The lowest BCUT2D eigenvalue weighted by molar-refractivity contribution is 0.352. The molecule has 0 fully saturated rings. The molecule has 0 radical (unpaired) electrons. The Morgan fingerprint density at radius 2 is 1.41 bits per heavy atom. The second-order valence-electron chi connectivity index (χ2n) is 6.05. The molecule has 2 rings (SSSR count). The predicted molar refractivity (Wildman–Crippen MR) is 86.4 cm³/mol. The molecule has 0 spiro atoms. The number of aromatic hydroxyl groups is 1. The summed E-state index contributed by atoms with van der Waals surface area (Å²) in [6.45, 7) is 6.16. The molecule has 4 heteroatoms. The van der Waals surface area contributed by atoms with Crippen LogP contribution in [-0.2, 0) is 5.41 Å². The molecular weight excluding hydrogens is 280 g/mol. The van der Waals surface area contributed by atoms with Crippen LogP contribution in [-0.4, -0.2) is 19.3 Å². The van der Waals surface area contributed by atoms with Crippen LogP contribution in [0.15, 0.2) is 36.4 Å². The maximum Gasteiger partial charge on any atom is 0.164 e. The van der Waals surface area contributed by atoms with Crippen molar-refractivity contribution in [3.63, 3.8) is 0 Å². The standard InChI is InChI=1S/C18H22O4/c1-18(2,3)14-8-6-12(10-15(14)19)22-13-7-9-16(20-4)17(11-13)21-5/h6-11,19H,1-5H3. The number of rotatable bonds is 4. The van der Waals surface area contributed by atoms with Crippen molar-refractivity contribution in [3.8, 4) is 28.7 Å². The van der Waals surface area contributed by atoms with E-state index in [0.717, 1.165) is 5.56 Å². The molecule has 0 bridgehead atoms. The average Bonchev–Trinajstić information content (AvgIpc) is 2.45. The molecule has 0 aliphatic carbocycles. The number of benzene rings is 2. The summed E-state index contributed by atoms with van der Waals surface area (Å²) in [5.41, 5.74) is 0.763. The van der Waals surface area contributed by atoms with Crippen LogP contribution < -0.4 is 14.2 Å². The first kappa shape index (κ1) is 16.0. The fourth-order valence-corrected chi connectivity index (χ4v) is 2.23. The molecule has 0 saturated heterocycles. The van der Waals surface area contributed by atoms with Crippen molar-refractivity contribution in [2.75, 3.05) is 14.2 Å². The third kappa shape index (κ3) is 3.45. The van der Waals surface area contributed by atoms with Gasteiger partial charge in [-0.2, -0.15) is 0 Å². The Balaban J connectivity index is 2.26. The molecule has 22 heavy (non-hydrogen) atoms. The molecular formula is C18H22O4. The van der Waals surface area contributed by atoms with Crippen molar-refractivity contribution in [1.82, 2.24) is 0 Å². The van der Waals surface area contributed by atoms with E-state index in [4.69, 9.17) is 14.2 Å². The zero-order chi connectivity index (χ0) is 16.3. The highest BCUT2D eigenvalue weighted by molar-refractivity contribution is 5.48. The fraction of sp³-hybridized carbons (Fsp3) is 0.333. The molecule has 118 valence electrons. The van der Waals surface area contributed by atoms with Crippen LogP contribution in [0, 0.1) is 0 Å². The third-order valence-corrected chi connectivity index (χ3v) is 3.37. The van der Waals surface area contributed by atoms with E-state index in [9.17, 15) is 5.11 Å². The molecule has 0 aliphatic heterocycles. The normalized spacial score (nSPS) is 11.1. The van der Waals surface area contributed by atoms with Gasteiger partial charge in [0.05, 0.1) is 14.2 Å². The summed E-state index contributed by atoms with van der Waals surface area (Å²) in [6.07, 6.45) is 0. The third-order valence-electron chi connectivity index (χ3n) is 3.37. The van der Waals surface area contributed by atoms with Crippen LogP contribution in [0.1, 0.15) is 26.3 Å². The number of hydrogen-bond donors (Lipinski definition) is 1.